The van der Waals surface area contributed by atoms with Gasteiger partial charge in [0.2, 0.25) is 0 Å². The Morgan fingerprint density at radius 3 is 2.65 bits per heavy atom. The van der Waals surface area contributed by atoms with Crippen LogP contribution in [0.3, 0.4) is 0 Å². The van der Waals surface area contributed by atoms with Gasteiger partial charge in [-0.15, -0.1) is 24.0 Å². The number of hydrogen-bond acceptors (Lipinski definition) is 3. The van der Waals surface area contributed by atoms with Gasteiger partial charge in [-0.2, -0.15) is 5.10 Å². The quantitative estimate of drug-likeness (QED) is 0.265. The molecule has 7 heteroatoms. The number of halogens is 1. The molecule has 6 nitrogen and oxygen atoms in total. The SMILES string of the molecule is CCNC(=NCC1(O)CCC1)NCCCn1nc(C)cc1C.I. The van der Waals surface area contributed by atoms with Gasteiger partial charge >= 0.3 is 0 Å². The Hall–Kier alpha value is -0.830. The molecular weight excluding hydrogens is 405 g/mol. The highest BCUT2D eigenvalue weighted by Gasteiger charge is 2.34. The van der Waals surface area contributed by atoms with E-state index in [1.165, 1.54) is 5.69 Å². The van der Waals surface area contributed by atoms with Gasteiger partial charge in [0.15, 0.2) is 5.96 Å². The summed E-state index contributed by atoms with van der Waals surface area (Å²) in [5.41, 5.74) is 1.70. The fourth-order valence-electron chi connectivity index (χ4n) is 2.65. The van der Waals surface area contributed by atoms with Gasteiger partial charge in [-0.25, -0.2) is 0 Å². The zero-order valence-corrected chi connectivity index (χ0v) is 16.8. The number of rotatable bonds is 7. The Labute approximate surface area is 156 Å². The van der Waals surface area contributed by atoms with E-state index in [1.54, 1.807) is 0 Å². The van der Waals surface area contributed by atoms with Gasteiger partial charge in [-0.1, -0.05) is 0 Å². The van der Waals surface area contributed by atoms with Crippen molar-refractivity contribution in [2.24, 2.45) is 4.99 Å². The molecule has 0 aromatic carbocycles. The minimum atomic E-state index is -0.563. The van der Waals surface area contributed by atoms with E-state index >= 15 is 0 Å². The van der Waals surface area contributed by atoms with Crippen LogP contribution in [-0.2, 0) is 6.54 Å². The lowest BCUT2D eigenvalue weighted by molar-refractivity contribution is -0.0236. The Balaban J connectivity index is 0.00000264. The smallest absolute Gasteiger partial charge is 0.191 e. The number of aromatic nitrogens is 2. The molecular formula is C16H30IN5O. The number of aliphatic imine (C=N–C) groups is 1. The summed E-state index contributed by atoms with van der Waals surface area (Å²) in [6.45, 7) is 9.19. The molecule has 0 atom stereocenters. The molecule has 0 bridgehead atoms. The van der Waals surface area contributed by atoms with Crippen LogP contribution in [0.4, 0.5) is 0 Å². The third-order valence-corrected chi connectivity index (χ3v) is 4.10. The normalized spacial score (nSPS) is 16.4. The highest BCUT2D eigenvalue weighted by Crippen LogP contribution is 2.31. The third-order valence-electron chi connectivity index (χ3n) is 4.10. The molecule has 3 N–H and O–H groups in total. The molecule has 2 rings (SSSR count). The van der Waals surface area contributed by atoms with Crippen molar-refractivity contribution in [3.05, 3.63) is 17.5 Å². The lowest BCUT2D eigenvalue weighted by Gasteiger charge is -2.35. The molecule has 0 amide bonds. The molecule has 1 aliphatic rings. The number of aliphatic hydroxyl groups is 1. The third kappa shape index (κ3) is 6.29. The Morgan fingerprint density at radius 2 is 2.13 bits per heavy atom. The first-order chi connectivity index (χ1) is 10.5. The van der Waals surface area contributed by atoms with Crippen LogP contribution in [0.25, 0.3) is 0 Å². The molecule has 1 aromatic rings. The highest BCUT2D eigenvalue weighted by molar-refractivity contribution is 14.0. The topological polar surface area (TPSA) is 74.5 Å². The number of aryl methyl sites for hydroxylation is 3. The second-order valence-corrected chi connectivity index (χ2v) is 6.20. The second kappa shape index (κ2) is 9.46. The largest absolute Gasteiger partial charge is 0.388 e. The Morgan fingerprint density at radius 1 is 1.39 bits per heavy atom. The van der Waals surface area contributed by atoms with Gasteiger partial charge in [0.25, 0.3) is 0 Å². The molecule has 0 saturated heterocycles. The van der Waals surface area contributed by atoms with Crippen LogP contribution in [0.1, 0.15) is 44.0 Å². The van der Waals surface area contributed by atoms with E-state index in [4.69, 9.17) is 0 Å². The van der Waals surface area contributed by atoms with E-state index in [2.05, 4.69) is 33.7 Å². The second-order valence-electron chi connectivity index (χ2n) is 6.20. The van der Waals surface area contributed by atoms with E-state index in [-0.39, 0.29) is 24.0 Å². The van der Waals surface area contributed by atoms with Crippen LogP contribution in [0.5, 0.6) is 0 Å². The van der Waals surface area contributed by atoms with Crippen LogP contribution in [0, 0.1) is 13.8 Å². The number of guanidine groups is 1. The summed E-state index contributed by atoms with van der Waals surface area (Å²) in [6, 6.07) is 2.10. The summed E-state index contributed by atoms with van der Waals surface area (Å²) in [5.74, 6) is 0.788. The average Bonchev–Trinajstić information content (AvgIpc) is 2.76. The van der Waals surface area contributed by atoms with Crippen LogP contribution in [0.2, 0.25) is 0 Å². The first-order valence-electron chi connectivity index (χ1n) is 8.28. The van der Waals surface area contributed by atoms with Gasteiger partial charge in [0, 0.05) is 25.3 Å². The molecule has 23 heavy (non-hydrogen) atoms. The van der Waals surface area contributed by atoms with Gasteiger partial charge in [0.1, 0.15) is 0 Å². The summed E-state index contributed by atoms with van der Waals surface area (Å²) in [7, 11) is 0. The number of nitrogens with zero attached hydrogens (tertiary/aromatic N) is 3. The summed E-state index contributed by atoms with van der Waals surface area (Å²) in [5, 5.41) is 21.1. The molecule has 0 unspecified atom stereocenters. The zero-order chi connectivity index (χ0) is 16.0. The Bertz CT molecular complexity index is 511. The van der Waals surface area contributed by atoms with Gasteiger partial charge < -0.3 is 15.7 Å². The van der Waals surface area contributed by atoms with Gasteiger partial charge in [-0.05, 0) is 52.5 Å². The summed E-state index contributed by atoms with van der Waals surface area (Å²) in [6.07, 6.45) is 3.83. The van der Waals surface area contributed by atoms with Crippen molar-refractivity contribution in [3.8, 4) is 0 Å². The molecule has 132 valence electrons. The molecule has 1 fully saturated rings. The maximum Gasteiger partial charge on any atom is 0.191 e. The number of hydrogen-bond donors (Lipinski definition) is 3. The van der Waals surface area contributed by atoms with Gasteiger partial charge in [-0.3, -0.25) is 9.67 Å². The van der Waals surface area contributed by atoms with Crippen molar-refractivity contribution < 1.29 is 5.11 Å². The van der Waals surface area contributed by atoms with Crippen molar-refractivity contribution in [2.75, 3.05) is 19.6 Å². The van der Waals surface area contributed by atoms with Crippen LogP contribution in [-0.4, -0.2) is 46.1 Å². The summed E-state index contributed by atoms with van der Waals surface area (Å²) in [4.78, 5) is 4.50. The van der Waals surface area contributed by atoms with E-state index in [1.807, 2.05) is 18.5 Å². The summed E-state index contributed by atoms with van der Waals surface area (Å²) >= 11 is 0. The zero-order valence-electron chi connectivity index (χ0n) is 14.4. The number of nitrogens with one attached hydrogen (secondary N) is 2. The minimum Gasteiger partial charge on any atom is -0.388 e. The van der Waals surface area contributed by atoms with Crippen LogP contribution < -0.4 is 10.6 Å². The monoisotopic (exact) mass is 435 g/mol. The molecule has 1 aromatic heterocycles. The van der Waals surface area contributed by atoms with Crippen molar-refractivity contribution in [3.63, 3.8) is 0 Å². The molecule has 1 saturated carbocycles. The fraction of sp³-hybridized carbons (Fsp3) is 0.750. The van der Waals surface area contributed by atoms with Crippen molar-refractivity contribution in [2.45, 2.75) is 58.6 Å². The standard InChI is InChI=1S/C16H29N5O.HI/c1-4-17-15(19-12-16(22)7-5-8-16)18-9-6-10-21-14(3)11-13(2)20-21;/h11,22H,4-10,12H2,1-3H3,(H2,17,18,19);1H. The first kappa shape index (κ1) is 20.2. The van der Waals surface area contributed by atoms with E-state index in [0.717, 1.165) is 57.0 Å². The van der Waals surface area contributed by atoms with E-state index in [0.29, 0.717) is 6.54 Å². The molecule has 1 aliphatic carbocycles. The van der Waals surface area contributed by atoms with Crippen molar-refractivity contribution in [1.82, 2.24) is 20.4 Å². The maximum absolute atomic E-state index is 10.1. The molecule has 0 radical (unpaired) electrons. The average molecular weight is 435 g/mol. The summed E-state index contributed by atoms with van der Waals surface area (Å²) < 4.78 is 2.04. The predicted octanol–water partition coefficient (Wildman–Crippen LogP) is 1.98. The lowest BCUT2D eigenvalue weighted by atomic mass is 9.80. The highest BCUT2D eigenvalue weighted by atomic mass is 127. The van der Waals surface area contributed by atoms with Crippen molar-refractivity contribution >= 4 is 29.9 Å². The van der Waals surface area contributed by atoms with Crippen LogP contribution >= 0.6 is 24.0 Å². The Kier molecular flexibility index (Phi) is 8.32. The van der Waals surface area contributed by atoms with Gasteiger partial charge in [0.05, 0.1) is 17.8 Å². The maximum atomic E-state index is 10.1. The lowest BCUT2D eigenvalue weighted by Crippen LogP contribution is -2.43. The van der Waals surface area contributed by atoms with E-state index < -0.39 is 5.60 Å². The molecule has 1 heterocycles. The first-order valence-corrected chi connectivity index (χ1v) is 8.28. The molecule has 0 aliphatic heterocycles. The molecule has 0 spiro atoms. The van der Waals surface area contributed by atoms with Crippen LogP contribution in [0.15, 0.2) is 11.1 Å². The minimum absolute atomic E-state index is 0. The van der Waals surface area contributed by atoms with Crippen molar-refractivity contribution in [1.29, 1.82) is 0 Å². The fourth-order valence-corrected chi connectivity index (χ4v) is 2.65. The van der Waals surface area contributed by atoms with E-state index in [9.17, 15) is 5.11 Å². The predicted molar refractivity (Wildman–Crippen MR) is 105 cm³/mol.